The van der Waals surface area contributed by atoms with Crippen LogP contribution in [0, 0.1) is 0 Å². The molecule has 0 spiro atoms. The van der Waals surface area contributed by atoms with E-state index in [1.165, 1.54) is 68.0 Å². The molecule has 2 heteroatoms. The van der Waals surface area contributed by atoms with Crippen molar-refractivity contribution in [3.8, 4) is 0 Å². The lowest BCUT2D eigenvalue weighted by atomic mass is 10.0. The van der Waals surface area contributed by atoms with Crippen molar-refractivity contribution >= 4 is 21.8 Å². The van der Waals surface area contributed by atoms with Crippen molar-refractivity contribution in [2.24, 2.45) is 0 Å². The first kappa shape index (κ1) is 26.8. The molecule has 4 aliphatic rings. The number of fused-ring (bicyclic) bond motifs is 2. The summed E-state index contributed by atoms with van der Waals surface area (Å²) in [6.45, 7) is 2.13. The molecule has 0 N–H and O–H groups in total. The van der Waals surface area contributed by atoms with Crippen molar-refractivity contribution in [2.75, 3.05) is 0 Å². The van der Waals surface area contributed by atoms with Gasteiger partial charge in [0.2, 0.25) is 0 Å². The summed E-state index contributed by atoms with van der Waals surface area (Å²) in [4.78, 5) is 0. The quantitative estimate of drug-likeness (QED) is 0.178. The third-order valence-electron chi connectivity index (χ3n) is 9.34. The second-order valence-electron chi connectivity index (χ2n) is 12.3. The Kier molecular flexibility index (Phi) is 7.95. The van der Waals surface area contributed by atoms with Gasteiger partial charge in [0.15, 0.2) is 0 Å². The van der Waals surface area contributed by atoms with Gasteiger partial charge in [-0.2, -0.15) is 0 Å². The minimum atomic E-state index is 1.07. The van der Waals surface area contributed by atoms with E-state index in [0.717, 1.165) is 64.5 Å². The van der Waals surface area contributed by atoms with Crippen molar-refractivity contribution in [2.45, 2.75) is 77.3 Å². The van der Waals surface area contributed by atoms with Gasteiger partial charge in [-0.25, -0.2) is 0 Å². The van der Waals surface area contributed by atoms with Crippen LogP contribution in [0.15, 0.2) is 109 Å². The van der Waals surface area contributed by atoms with Crippen LogP contribution in [0.4, 0.5) is 0 Å². The molecule has 0 fully saturated rings. The van der Waals surface area contributed by atoms with Crippen molar-refractivity contribution < 1.29 is 0 Å². The largest absolute Gasteiger partial charge is 0.347 e. The highest BCUT2D eigenvalue weighted by molar-refractivity contribution is 5.84. The molecular formula is C40H42N2. The Hall–Kier alpha value is -4.04. The highest BCUT2D eigenvalue weighted by Gasteiger charge is 2.10. The maximum absolute atomic E-state index is 2.49. The molecule has 10 rings (SSSR count). The minimum absolute atomic E-state index is 1.07. The first-order valence-corrected chi connectivity index (χ1v) is 16.1. The first-order valence-electron chi connectivity index (χ1n) is 16.1. The topological polar surface area (TPSA) is 9.86 Å². The van der Waals surface area contributed by atoms with Gasteiger partial charge in [0.25, 0.3) is 0 Å². The second-order valence-corrected chi connectivity index (χ2v) is 12.3. The Morgan fingerprint density at radius 2 is 0.714 bits per heavy atom. The van der Waals surface area contributed by atoms with E-state index in [9.17, 15) is 0 Å². The molecule has 6 heterocycles. The fourth-order valence-corrected chi connectivity index (χ4v) is 7.03. The van der Waals surface area contributed by atoms with E-state index in [2.05, 4.69) is 119 Å². The zero-order valence-electron chi connectivity index (χ0n) is 24.8. The molecule has 0 saturated heterocycles. The molecule has 0 amide bonds. The lowest BCUT2D eigenvalue weighted by Crippen LogP contribution is -1.99. The summed E-state index contributed by atoms with van der Waals surface area (Å²) < 4.78 is 4.99. The van der Waals surface area contributed by atoms with Crippen LogP contribution in [0.5, 0.6) is 0 Å². The lowest BCUT2D eigenvalue weighted by molar-refractivity contribution is 0.657. The maximum Gasteiger partial charge on any atom is 0.0483 e. The molecule has 212 valence electrons. The van der Waals surface area contributed by atoms with Crippen LogP contribution in [0.2, 0.25) is 0 Å². The molecule has 0 atom stereocenters. The van der Waals surface area contributed by atoms with Crippen LogP contribution in [0.25, 0.3) is 21.8 Å². The van der Waals surface area contributed by atoms with Crippen LogP contribution in [-0.2, 0) is 51.6 Å². The molecule has 42 heavy (non-hydrogen) atoms. The predicted octanol–water partition coefficient (Wildman–Crippen LogP) is 9.53. The van der Waals surface area contributed by atoms with E-state index < -0.39 is 0 Å². The molecule has 2 aromatic heterocycles. The molecule has 2 nitrogen and oxygen atoms in total. The zero-order chi connectivity index (χ0) is 28.1. The number of para-hydroxylation sites is 2. The number of rotatable bonds is 0. The van der Waals surface area contributed by atoms with Gasteiger partial charge in [0.1, 0.15) is 0 Å². The average molecular weight is 551 g/mol. The van der Waals surface area contributed by atoms with Crippen LogP contribution in [-0.4, -0.2) is 9.13 Å². The van der Waals surface area contributed by atoms with Gasteiger partial charge in [0.05, 0.1) is 0 Å². The molecule has 4 aromatic carbocycles. The summed E-state index contributed by atoms with van der Waals surface area (Å²) in [5.41, 5.74) is 11.6. The van der Waals surface area contributed by atoms with E-state index in [1.807, 2.05) is 0 Å². The molecule has 4 aliphatic heterocycles. The van der Waals surface area contributed by atoms with Gasteiger partial charge < -0.3 is 9.13 Å². The first-order chi connectivity index (χ1) is 20.8. The number of hydrogen-bond acceptors (Lipinski definition) is 0. The highest BCUT2D eigenvalue weighted by atomic mass is 15.0. The summed E-state index contributed by atoms with van der Waals surface area (Å²) >= 11 is 0. The number of nitrogens with zero attached hydrogens (tertiary/aromatic N) is 2. The molecule has 0 aliphatic carbocycles. The van der Waals surface area contributed by atoms with Crippen molar-refractivity contribution in [1.29, 1.82) is 0 Å². The minimum Gasteiger partial charge on any atom is -0.347 e. The summed E-state index contributed by atoms with van der Waals surface area (Å²) in [7, 11) is 0. The fourth-order valence-electron chi connectivity index (χ4n) is 7.03. The summed E-state index contributed by atoms with van der Waals surface area (Å²) in [5, 5.41) is 2.86. The molecular weight excluding hydrogens is 508 g/mol. The molecule has 8 bridgehead atoms. The van der Waals surface area contributed by atoms with Crippen LogP contribution >= 0.6 is 0 Å². The van der Waals surface area contributed by atoms with Gasteiger partial charge in [-0.3, -0.25) is 0 Å². The maximum atomic E-state index is 2.49. The van der Waals surface area contributed by atoms with Gasteiger partial charge in [-0.05, 0) is 110 Å². The number of aryl methyl sites for hydroxylation is 8. The monoisotopic (exact) mass is 550 g/mol. The Bertz CT molecular complexity index is 1510. The van der Waals surface area contributed by atoms with E-state index >= 15 is 0 Å². The van der Waals surface area contributed by atoms with Gasteiger partial charge in [0, 0.05) is 47.3 Å². The van der Waals surface area contributed by atoms with Gasteiger partial charge in [-0.1, -0.05) is 84.9 Å². The van der Waals surface area contributed by atoms with E-state index in [-0.39, 0.29) is 0 Å². The SMILES string of the molecule is c1ccc2c(c1)c1cn2CCCc2ccc(cc2)CCCc2cn(c3ccccc23)CCCc2ccc(cc2)CCC1. The Morgan fingerprint density at radius 1 is 0.357 bits per heavy atom. The number of benzene rings is 4. The standard InChI is InChI=1S/C40H42N2/c1-3-17-39-37(15-1)35-13-5-9-31-19-23-34(24-20-31)12-8-28-42-30-36(38-16-2-4-18-40(38)42)14-6-10-32-21-25-33(26-22-32)11-7-27-41(39)29-35/h1-4,15-26,29-30H,5-14,27-28H2. The molecule has 0 radical (unpaired) electrons. The Morgan fingerprint density at radius 3 is 1.12 bits per heavy atom. The van der Waals surface area contributed by atoms with Crippen molar-refractivity contribution in [3.05, 3.63) is 143 Å². The number of aromatic nitrogens is 2. The fraction of sp³-hybridized carbons (Fsp3) is 0.300. The van der Waals surface area contributed by atoms with Crippen LogP contribution < -0.4 is 0 Å². The van der Waals surface area contributed by atoms with E-state index in [4.69, 9.17) is 0 Å². The van der Waals surface area contributed by atoms with Crippen LogP contribution in [0.3, 0.4) is 0 Å². The van der Waals surface area contributed by atoms with E-state index in [0.29, 0.717) is 0 Å². The Labute approximate surface area is 250 Å². The molecule has 6 aromatic rings. The van der Waals surface area contributed by atoms with Crippen LogP contribution in [0.1, 0.15) is 59.1 Å². The normalized spacial score (nSPS) is 15.4. The van der Waals surface area contributed by atoms with Gasteiger partial charge in [-0.15, -0.1) is 0 Å². The number of hydrogen-bond donors (Lipinski definition) is 0. The predicted molar refractivity (Wildman–Crippen MR) is 177 cm³/mol. The highest BCUT2D eigenvalue weighted by Crippen LogP contribution is 2.26. The summed E-state index contributed by atoms with van der Waals surface area (Å²) in [5.74, 6) is 0. The smallest absolute Gasteiger partial charge is 0.0483 e. The van der Waals surface area contributed by atoms with E-state index in [1.54, 1.807) is 0 Å². The Balaban J connectivity index is 1.11. The zero-order valence-corrected chi connectivity index (χ0v) is 24.8. The third-order valence-corrected chi connectivity index (χ3v) is 9.34. The second kappa shape index (κ2) is 12.4. The molecule has 0 saturated carbocycles. The van der Waals surface area contributed by atoms with Crippen molar-refractivity contribution in [1.82, 2.24) is 9.13 Å². The third kappa shape index (κ3) is 5.95. The summed E-state index contributed by atoms with van der Waals surface area (Å²) in [6, 6.07) is 36.8. The summed E-state index contributed by atoms with van der Waals surface area (Å²) in [6.07, 6.45) is 16.3. The van der Waals surface area contributed by atoms with Gasteiger partial charge >= 0.3 is 0 Å². The lowest BCUT2D eigenvalue weighted by Gasteiger charge is -2.07. The van der Waals surface area contributed by atoms with Crippen molar-refractivity contribution in [3.63, 3.8) is 0 Å². The average Bonchev–Trinajstić information content (AvgIpc) is 3.56. The molecule has 0 unspecified atom stereocenters.